The monoisotopic (exact) mass is 327 g/mol. The molecule has 1 aliphatic rings. The highest BCUT2D eigenvalue weighted by molar-refractivity contribution is 5.92. The fourth-order valence-corrected chi connectivity index (χ4v) is 3.17. The van der Waals surface area contributed by atoms with Gasteiger partial charge in [-0.1, -0.05) is 36.3 Å². The van der Waals surface area contributed by atoms with Crippen LogP contribution < -0.4 is 5.32 Å². The van der Waals surface area contributed by atoms with Crippen LogP contribution in [0.15, 0.2) is 34.9 Å². The smallest absolute Gasteiger partial charge is 0.273 e. The number of carbonyl (C=O) groups is 1. The number of aryl methyl sites for hydroxylation is 2. The summed E-state index contributed by atoms with van der Waals surface area (Å²) in [6.45, 7) is 7.92. The van der Waals surface area contributed by atoms with Gasteiger partial charge in [-0.05, 0) is 36.9 Å². The molecule has 1 saturated heterocycles. The Morgan fingerprint density at radius 3 is 3.00 bits per heavy atom. The molecule has 128 valence electrons. The molecule has 0 aliphatic carbocycles. The van der Waals surface area contributed by atoms with Crippen molar-refractivity contribution >= 4 is 5.91 Å². The molecule has 5 nitrogen and oxygen atoms in total. The Balaban J connectivity index is 1.46. The van der Waals surface area contributed by atoms with Gasteiger partial charge in [0.05, 0.1) is 0 Å². The lowest BCUT2D eigenvalue weighted by Crippen LogP contribution is -2.31. The van der Waals surface area contributed by atoms with Gasteiger partial charge in [-0.25, -0.2) is 0 Å². The summed E-state index contributed by atoms with van der Waals surface area (Å²) >= 11 is 0. The third-order valence-electron chi connectivity index (χ3n) is 4.72. The first kappa shape index (κ1) is 16.7. The topological polar surface area (TPSA) is 58.4 Å². The van der Waals surface area contributed by atoms with E-state index in [9.17, 15) is 4.79 Å². The van der Waals surface area contributed by atoms with Crippen molar-refractivity contribution < 1.29 is 9.32 Å². The lowest BCUT2D eigenvalue weighted by molar-refractivity contribution is 0.0938. The van der Waals surface area contributed by atoms with Crippen molar-refractivity contribution in [3.63, 3.8) is 0 Å². The van der Waals surface area contributed by atoms with Crippen LogP contribution in [0.25, 0.3) is 0 Å². The average Bonchev–Trinajstić information content (AvgIpc) is 3.24. The zero-order valence-electron chi connectivity index (χ0n) is 14.4. The Labute approximate surface area is 143 Å². The quantitative estimate of drug-likeness (QED) is 0.886. The number of hydrogen-bond acceptors (Lipinski definition) is 4. The number of carbonyl (C=O) groups excluding carboxylic acids is 1. The van der Waals surface area contributed by atoms with Gasteiger partial charge < -0.3 is 9.84 Å². The van der Waals surface area contributed by atoms with E-state index < -0.39 is 0 Å². The molecular formula is C19H25N3O2. The summed E-state index contributed by atoms with van der Waals surface area (Å²) in [5, 5.41) is 6.80. The third-order valence-corrected chi connectivity index (χ3v) is 4.72. The molecule has 0 bridgehead atoms. The fourth-order valence-electron chi connectivity index (χ4n) is 3.17. The second kappa shape index (κ2) is 7.62. The van der Waals surface area contributed by atoms with E-state index in [1.54, 1.807) is 6.07 Å². The van der Waals surface area contributed by atoms with Crippen LogP contribution in [0.5, 0.6) is 0 Å². The Morgan fingerprint density at radius 2 is 2.25 bits per heavy atom. The van der Waals surface area contributed by atoms with Crippen molar-refractivity contribution in [1.82, 2.24) is 15.4 Å². The Kier molecular flexibility index (Phi) is 5.30. The summed E-state index contributed by atoms with van der Waals surface area (Å²) in [5.41, 5.74) is 3.10. The summed E-state index contributed by atoms with van der Waals surface area (Å²) in [7, 11) is 0. The summed E-state index contributed by atoms with van der Waals surface area (Å²) in [6, 6.07) is 10.2. The number of amides is 1. The molecule has 1 unspecified atom stereocenters. The van der Waals surface area contributed by atoms with Gasteiger partial charge in [-0.2, -0.15) is 0 Å². The average molecular weight is 327 g/mol. The van der Waals surface area contributed by atoms with Crippen molar-refractivity contribution in [2.45, 2.75) is 33.2 Å². The van der Waals surface area contributed by atoms with Crippen LogP contribution in [0, 0.1) is 12.8 Å². The summed E-state index contributed by atoms with van der Waals surface area (Å²) < 4.78 is 5.08. The SMILES string of the molecule is CCc1cc(C(=O)NCC2CCN(Cc3ccccc3C)C2)no1. The van der Waals surface area contributed by atoms with Crippen molar-refractivity contribution in [3.05, 3.63) is 52.9 Å². The largest absolute Gasteiger partial charge is 0.361 e. The Hall–Kier alpha value is -2.14. The minimum atomic E-state index is -0.143. The maximum atomic E-state index is 12.1. The molecule has 0 saturated carbocycles. The molecule has 5 heteroatoms. The van der Waals surface area contributed by atoms with E-state index in [0.717, 1.165) is 38.2 Å². The third kappa shape index (κ3) is 4.03. The lowest BCUT2D eigenvalue weighted by Gasteiger charge is -2.17. The van der Waals surface area contributed by atoms with Gasteiger partial charge in [0.25, 0.3) is 5.91 Å². The maximum Gasteiger partial charge on any atom is 0.273 e. The van der Waals surface area contributed by atoms with Crippen molar-refractivity contribution in [1.29, 1.82) is 0 Å². The minimum Gasteiger partial charge on any atom is -0.361 e. The van der Waals surface area contributed by atoms with E-state index in [2.05, 4.69) is 46.6 Å². The van der Waals surface area contributed by atoms with Crippen molar-refractivity contribution in [3.8, 4) is 0 Å². The molecule has 2 heterocycles. The number of benzene rings is 1. The number of rotatable bonds is 6. The predicted octanol–water partition coefficient (Wildman–Crippen LogP) is 2.80. The van der Waals surface area contributed by atoms with E-state index in [-0.39, 0.29) is 5.91 Å². The van der Waals surface area contributed by atoms with Gasteiger partial charge in [0, 0.05) is 32.1 Å². The first-order valence-corrected chi connectivity index (χ1v) is 8.66. The highest BCUT2D eigenvalue weighted by Crippen LogP contribution is 2.19. The van der Waals surface area contributed by atoms with Gasteiger partial charge in [-0.3, -0.25) is 9.69 Å². The van der Waals surface area contributed by atoms with Crippen molar-refractivity contribution in [2.75, 3.05) is 19.6 Å². The summed E-state index contributed by atoms with van der Waals surface area (Å²) in [4.78, 5) is 14.6. The van der Waals surface area contributed by atoms with Crippen LogP contribution in [0.1, 0.15) is 40.7 Å². The Bertz CT molecular complexity index is 695. The van der Waals surface area contributed by atoms with Crippen LogP contribution >= 0.6 is 0 Å². The van der Waals surface area contributed by atoms with E-state index in [1.807, 2.05) is 6.92 Å². The normalized spacial score (nSPS) is 18.0. The predicted molar refractivity (Wildman–Crippen MR) is 92.8 cm³/mol. The second-order valence-corrected chi connectivity index (χ2v) is 6.56. The molecule has 0 radical (unpaired) electrons. The van der Waals surface area contributed by atoms with Crippen LogP contribution in [0.3, 0.4) is 0 Å². The van der Waals surface area contributed by atoms with Gasteiger partial charge in [0.15, 0.2) is 5.69 Å². The molecular weight excluding hydrogens is 302 g/mol. The number of hydrogen-bond donors (Lipinski definition) is 1. The van der Waals surface area contributed by atoms with Gasteiger partial charge >= 0.3 is 0 Å². The highest BCUT2D eigenvalue weighted by atomic mass is 16.5. The van der Waals surface area contributed by atoms with Crippen LogP contribution in [0.4, 0.5) is 0 Å². The number of aromatic nitrogens is 1. The first-order valence-electron chi connectivity index (χ1n) is 8.66. The zero-order valence-corrected chi connectivity index (χ0v) is 14.4. The molecule has 1 fully saturated rings. The Morgan fingerprint density at radius 1 is 1.42 bits per heavy atom. The first-order chi connectivity index (χ1) is 11.7. The van der Waals surface area contributed by atoms with E-state index in [1.165, 1.54) is 11.1 Å². The molecule has 1 amide bonds. The van der Waals surface area contributed by atoms with Crippen LogP contribution in [-0.4, -0.2) is 35.6 Å². The van der Waals surface area contributed by atoms with E-state index in [0.29, 0.717) is 18.2 Å². The maximum absolute atomic E-state index is 12.1. The molecule has 1 aromatic heterocycles. The van der Waals surface area contributed by atoms with Crippen LogP contribution in [0.2, 0.25) is 0 Å². The molecule has 1 aliphatic heterocycles. The fraction of sp³-hybridized carbons (Fsp3) is 0.474. The van der Waals surface area contributed by atoms with Gasteiger partial charge in [0.2, 0.25) is 0 Å². The zero-order chi connectivity index (χ0) is 16.9. The summed E-state index contributed by atoms with van der Waals surface area (Å²) in [6.07, 6.45) is 1.86. The number of nitrogens with one attached hydrogen (secondary N) is 1. The molecule has 24 heavy (non-hydrogen) atoms. The van der Waals surface area contributed by atoms with Gasteiger partial charge in [0.1, 0.15) is 5.76 Å². The highest BCUT2D eigenvalue weighted by Gasteiger charge is 2.23. The van der Waals surface area contributed by atoms with Crippen LogP contribution in [-0.2, 0) is 13.0 Å². The molecule has 3 rings (SSSR count). The molecule has 1 atom stereocenters. The molecule has 1 N–H and O–H groups in total. The standard InChI is InChI=1S/C19H25N3O2/c1-3-17-10-18(21-24-17)19(23)20-11-15-8-9-22(12-15)13-16-7-5-4-6-14(16)2/h4-7,10,15H,3,8-9,11-13H2,1-2H3,(H,20,23). The molecule has 1 aromatic carbocycles. The summed E-state index contributed by atoms with van der Waals surface area (Å²) in [5.74, 6) is 1.09. The molecule has 2 aromatic rings. The molecule has 0 spiro atoms. The number of likely N-dealkylation sites (tertiary alicyclic amines) is 1. The minimum absolute atomic E-state index is 0.143. The van der Waals surface area contributed by atoms with Gasteiger partial charge in [-0.15, -0.1) is 0 Å². The van der Waals surface area contributed by atoms with E-state index in [4.69, 9.17) is 4.52 Å². The van der Waals surface area contributed by atoms with Crippen molar-refractivity contribution in [2.24, 2.45) is 5.92 Å². The number of nitrogens with zero attached hydrogens (tertiary/aromatic N) is 2. The lowest BCUT2D eigenvalue weighted by atomic mass is 10.1. The van der Waals surface area contributed by atoms with E-state index >= 15 is 0 Å². The second-order valence-electron chi connectivity index (χ2n) is 6.56.